The van der Waals surface area contributed by atoms with Crippen molar-refractivity contribution >= 4 is 39.6 Å². The zero-order valence-corrected chi connectivity index (χ0v) is 35.0. The number of phenols is 1. The molecule has 0 saturated carbocycles. The lowest BCUT2D eigenvalue weighted by molar-refractivity contribution is -0.172. The summed E-state index contributed by atoms with van der Waals surface area (Å²) in [5.41, 5.74) is -0.901. The molecule has 0 aliphatic carbocycles. The largest absolute Gasteiger partial charge is 0.508 e. The molecule has 0 radical (unpaired) electrons. The lowest BCUT2D eigenvalue weighted by Crippen LogP contribution is -2.56. The number of alkyl halides is 1. The number of aromatic hydroxyl groups is 1. The lowest BCUT2D eigenvalue weighted by Gasteiger charge is -2.41. The van der Waals surface area contributed by atoms with Gasteiger partial charge in [-0.1, -0.05) is 51.5 Å². The number of aromatic nitrogens is 3. The van der Waals surface area contributed by atoms with Crippen LogP contribution in [0.3, 0.4) is 0 Å². The molecule has 8 rings (SSSR count). The quantitative estimate of drug-likeness (QED) is 0.0746. The minimum Gasteiger partial charge on any atom is -0.508 e. The summed E-state index contributed by atoms with van der Waals surface area (Å²) in [4.78, 5) is 46.5. The van der Waals surface area contributed by atoms with E-state index in [9.17, 15) is 19.1 Å². The van der Waals surface area contributed by atoms with Crippen LogP contribution in [0.5, 0.6) is 11.8 Å². The van der Waals surface area contributed by atoms with Gasteiger partial charge in [0.1, 0.15) is 41.4 Å². The molecule has 12 nitrogen and oxygen atoms in total. The van der Waals surface area contributed by atoms with Crippen molar-refractivity contribution in [3.05, 3.63) is 47.7 Å². The smallest absolute Gasteiger partial charge is 0.413 e. The number of carbonyl (C=O) groups excluding carboxylic acids is 2. The molecule has 5 atom stereocenters. The van der Waals surface area contributed by atoms with Gasteiger partial charge in [0.05, 0.1) is 34.5 Å². The van der Waals surface area contributed by atoms with Gasteiger partial charge in [-0.2, -0.15) is 9.97 Å². The summed E-state index contributed by atoms with van der Waals surface area (Å²) < 4.78 is 64.6. The number of terminal acetylenes is 1. The van der Waals surface area contributed by atoms with Crippen LogP contribution in [-0.2, 0) is 14.3 Å². The average Bonchev–Trinajstić information content (AvgIpc) is 3.86. The van der Waals surface area contributed by atoms with Crippen LogP contribution in [0, 0.1) is 29.9 Å². The molecular weight excluding hydrogens is 790 g/mol. The van der Waals surface area contributed by atoms with Crippen LogP contribution in [0.2, 0.25) is 0 Å². The Balaban J connectivity index is 1.10. The van der Waals surface area contributed by atoms with E-state index in [0.29, 0.717) is 50.1 Å². The van der Waals surface area contributed by atoms with Crippen molar-refractivity contribution in [2.45, 2.75) is 121 Å². The number of halogens is 3. The molecular formula is C46H53F3N6O6. The van der Waals surface area contributed by atoms with Crippen molar-refractivity contribution in [1.29, 1.82) is 0 Å². The molecule has 324 valence electrons. The molecule has 4 aliphatic heterocycles. The summed E-state index contributed by atoms with van der Waals surface area (Å²) in [5, 5.41) is 11.5. The van der Waals surface area contributed by atoms with Crippen molar-refractivity contribution in [2.75, 3.05) is 37.7 Å². The van der Waals surface area contributed by atoms with E-state index in [2.05, 4.69) is 34.6 Å². The molecule has 0 spiro atoms. The minimum atomic E-state index is -1.07. The number of amides is 1. The highest BCUT2D eigenvalue weighted by atomic mass is 19.1. The molecule has 4 saturated heterocycles. The molecule has 6 heterocycles. The predicted molar refractivity (Wildman–Crippen MR) is 224 cm³/mol. The molecule has 3 unspecified atom stereocenters. The third kappa shape index (κ3) is 8.23. The van der Waals surface area contributed by atoms with E-state index in [1.54, 1.807) is 11.8 Å². The summed E-state index contributed by atoms with van der Waals surface area (Å²) in [6.45, 7) is 7.52. The summed E-state index contributed by atoms with van der Waals surface area (Å²) in [6, 6.07) is 4.63. The highest BCUT2D eigenvalue weighted by molar-refractivity contribution is 6.03. The van der Waals surface area contributed by atoms with Crippen molar-refractivity contribution < 1.29 is 42.1 Å². The number of nitrogens with zero attached hydrogens (tertiary/aromatic N) is 6. The van der Waals surface area contributed by atoms with E-state index >= 15 is 8.78 Å². The number of piperazine rings is 1. The Labute approximate surface area is 353 Å². The maximum atomic E-state index is 17.2. The SMILES string of the molecule is C#Cc1c(F)ccc2cc(O)cc(-c3ncc4c(N5CC6CCC(C5)N6C(=O)OC(C)OC(=O)C(CCCC)CCCC)nc(OC[C@@]56CCCN5C[C@H](F)C6)nc4c3F)c12. The van der Waals surface area contributed by atoms with Gasteiger partial charge in [0.15, 0.2) is 5.82 Å². The molecule has 2 aromatic carbocycles. The van der Waals surface area contributed by atoms with Crippen LogP contribution in [0.25, 0.3) is 32.9 Å². The minimum absolute atomic E-state index is 0.0763. The van der Waals surface area contributed by atoms with Crippen LogP contribution >= 0.6 is 0 Å². The van der Waals surface area contributed by atoms with Crippen LogP contribution in [0.4, 0.5) is 23.8 Å². The Morgan fingerprint density at radius 3 is 2.49 bits per heavy atom. The molecule has 61 heavy (non-hydrogen) atoms. The fourth-order valence-electron chi connectivity index (χ4n) is 10.1. The summed E-state index contributed by atoms with van der Waals surface area (Å²) in [6.07, 6.45) is 13.0. The fraction of sp³-hybridized carbons (Fsp3) is 0.543. The molecule has 2 bridgehead atoms. The number of phenolic OH excluding ortho intramolecular Hbond substituents is 1. The third-order valence-electron chi connectivity index (χ3n) is 13.0. The number of ether oxygens (including phenoxy) is 3. The molecule has 1 amide bonds. The van der Waals surface area contributed by atoms with Crippen molar-refractivity contribution in [2.24, 2.45) is 5.92 Å². The first-order valence-corrected chi connectivity index (χ1v) is 21.7. The molecule has 4 aromatic rings. The van der Waals surface area contributed by atoms with E-state index in [0.717, 1.165) is 57.9 Å². The van der Waals surface area contributed by atoms with Crippen LogP contribution in [0.1, 0.15) is 97.0 Å². The van der Waals surface area contributed by atoms with Crippen LogP contribution in [0.15, 0.2) is 30.5 Å². The molecule has 4 fully saturated rings. The average molecular weight is 843 g/mol. The second-order valence-corrected chi connectivity index (χ2v) is 17.1. The zero-order valence-electron chi connectivity index (χ0n) is 35.0. The fourth-order valence-corrected chi connectivity index (χ4v) is 10.1. The number of pyridine rings is 1. The number of carbonyl (C=O) groups is 2. The zero-order chi connectivity index (χ0) is 43.0. The van der Waals surface area contributed by atoms with E-state index in [4.69, 9.17) is 25.6 Å². The normalized spacial score (nSPS) is 22.8. The van der Waals surface area contributed by atoms with E-state index < -0.39 is 35.7 Å². The van der Waals surface area contributed by atoms with Crippen molar-refractivity contribution in [3.8, 4) is 35.4 Å². The first kappa shape index (κ1) is 42.3. The van der Waals surface area contributed by atoms with Crippen molar-refractivity contribution in [1.82, 2.24) is 24.8 Å². The van der Waals surface area contributed by atoms with Gasteiger partial charge >= 0.3 is 18.1 Å². The van der Waals surface area contributed by atoms with Gasteiger partial charge in [0.2, 0.25) is 6.29 Å². The molecule has 4 aliphatic rings. The maximum Gasteiger partial charge on any atom is 0.413 e. The Morgan fingerprint density at radius 1 is 1.05 bits per heavy atom. The third-order valence-corrected chi connectivity index (χ3v) is 13.0. The number of unbranched alkanes of at least 4 members (excludes halogenated alkanes) is 2. The molecule has 1 N–H and O–H groups in total. The lowest BCUT2D eigenvalue weighted by atomic mass is 9.95. The van der Waals surface area contributed by atoms with E-state index in [1.807, 2.05) is 4.90 Å². The monoisotopic (exact) mass is 842 g/mol. The number of rotatable bonds is 14. The van der Waals surface area contributed by atoms with E-state index in [1.165, 1.54) is 30.5 Å². The highest BCUT2D eigenvalue weighted by Gasteiger charge is 2.50. The first-order chi connectivity index (χ1) is 29.4. The second-order valence-electron chi connectivity index (χ2n) is 17.1. The number of fused-ring (bicyclic) bond motifs is 5. The summed E-state index contributed by atoms with van der Waals surface area (Å²) in [5.74, 6) is 0.353. The molecule has 15 heteroatoms. The summed E-state index contributed by atoms with van der Waals surface area (Å²) >= 11 is 0. The Hall–Kier alpha value is -5.36. The first-order valence-electron chi connectivity index (χ1n) is 21.7. The van der Waals surface area contributed by atoms with Gasteiger partial charge in [-0.05, 0) is 68.7 Å². The van der Waals surface area contributed by atoms with Gasteiger partial charge in [-0.15, -0.1) is 6.42 Å². The van der Waals surface area contributed by atoms with Crippen molar-refractivity contribution in [3.63, 3.8) is 0 Å². The molecule has 2 aromatic heterocycles. The Morgan fingerprint density at radius 2 is 1.79 bits per heavy atom. The number of esters is 1. The van der Waals surface area contributed by atoms with Gasteiger partial charge < -0.3 is 24.2 Å². The van der Waals surface area contributed by atoms with Gasteiger partial charge in [0, 0.05) is 50.1 Å². The van der Waals surface area contributed by atoms with E-state index in [-0.39, 0.29) is 75.4 Å². The van der Waals surface area contributed by atoms with Gasteiger partial charge in [0.25, 0.3) is 0 Å². The summed E-state index contributed by atoms with van der Waals surface area (Å²) in [7, 11) is 0. The highest BCUT2D eigenvalue weighted by Crippen LogP contribution is 2.43. The Bertz CT molecular complexity index is 2340. The number of benzene rings is 2. The standard InChI is InChI=1S/C46H53F3N6O6/c1-5-8-11-28(12-9-6-2)43(57)60-27(4)61-45(58)55-31-14-15-32(55)25-53(24-31)42-36-22-50-40(35-20-33(56)19-29-13-16-37(48)34(7-3)38(29)35)39(49)41(36)51-44(52-42)59-26-46-17-10-18-54(46)23-30(47)21-46/h3,13,16,19-20,22,27-28,30-32,56H,5-6,8-12,14-15,17-18,21,23-26H2,1-2,4H3/t27?,30-,31?,32?,46+/m1/s1. The topological polar surface area (TPSA) is 130 Å². The Kier molecular flexibility index (Phi) is 12.2. The number of anilines is 1. The predicted octanol–water partition coefficient (Wildman–Crippen LogP) is 8.44. The number of hydrogen-bond acceptors (Lipinski definition) is 11. The second kappa shape index (κ2) is 17.6. The number of hydrogen-bond donors (Lipinski definition) is 1. The maximum absolute atomic E-state index is 17.2. The van der Waals surface area contributed by atoms with Crippen LogP contribution in [-0.4, -0.2) is 105 Å². The van der Waals surface area contributed by atoms with Gasteiger partial charge in [-0.25, -0.2) is 18.0 Å². The van der Waals surface area contributed by atoms with Gasteiger partial charge in [-0.3, -0.25) is 19.6 Å². The van der Waals surface area contributed by atoms with Crippen LogP contribution < -0.4 is 9.64 Å².